The SMILES string of the molecule is CCOCC(C)(C)CC/C=C/c1cc(C(C)(C)C)ccc1OC. The molecule has 23 heavy (non-hydrogen) atoms. The van der Waals surface area contributed by atoms with Crippen molar-refractivity contribution in [3.8, 4) is 5.75 Å². The van der Waals surface area contributed by atoms with Crippen LogP contribution in [0.25, 0.3) is 6.08 Å². The third kappa shape index (κ3) is 6.78. The molecule has 1 aromatic rings. The highest BCUT2D eigenvalue weighted by Crippen LogP contribution is 2.29. The number of rotatable bonds is 8. The predicted octanol–water partition coefficient (Wildman–Crippen LogP) is 5.85. The van der Waals surface area contributed by atoms with E-state index in [-0.39, 0.29) is 10.8 Å². The number of benzene rings is 1. The zero-order valence-electron chi connectivity index (χ0n) is 16.0. The van der Waals surface area contributed by atoms with E-state index in [1.165, 1.54) is 5.56 Å². The van der Waals surface area contributed by atoms with Crippen LogP contribution in [0.3, 0.4) is 0 Å². The van der Waals surface area contributed by atoms with Gasteiger partial charge >= 0.3 is 0 Å². The zero-order chi connectivity index (χ0) is 17.5. The van der Waals surface area contributed by atoms with Crippen molar-refractivity contribution in [2.45, 2.75) is 59.8 Å². The summed E-state index contributed by atoms with van der Waals surface area (Å²) < 4.78 is 11.1. The summed E-state index contributed by atoms with van der Waals surface area (Å²) >= 11 is 0. The van der Waals surface area contributed by atoms with Crippen LogP contribution in [0.2, 0.25) is 0 Å². The summed E-state index contributed by atoms with van der Waals surface area (Å²) in [5, 5.41) is 0. The molecule has 0 bridgehead atoms. The first-order valence-corrected chi connectivity index (χ1v) is 8.62. The summed E-state index contributed by atoms with van der Waals surface area (Å²) in [6.07, 6.45) is 6.59. The average molecular weight is 319 g/mol. The van der Waals surface area contributed by atoms with Gasteiger partial charge in [-0.1, -0.05) is 52.8 Å². The van der Waals surface area contributed by atoms with Crippen molar-refractivity contribution in [1.82, 2.24) is 0 Å². The second-order valence-corrected chi connectivity index (χ2v) is 7.95. The first-order chi connectivity index (χ1) is 10.7. The first-order valence-electron chi connectivity index (χ1n) is 8.62. The normalized spacial score (nSPS) is 12.8. The number of hydrogen-bond acceptors (Lipinski definition) is 2. The van der Waals surface area contributed by atoms with Gasteiger partial charge in [0.1, 0.15) is 5.75 Å². The number of allylic oxidation sites excluding steroid dienone is 1. The molecule has 130 valence electrons. The van der Waals surface area contributed by atoms with Crippen LogP contribution < -0.4 is 4.74 Å². The maximum Gasteiger partial charge on any atom is 0.126 e. The van der Waals surface area contributed by atoms with Gasteiger partial charge in [-0.3, -0.25) is 0 Å². The van der Waals surface area contributed by atoms with Crippen molar-refractivity contribution in [3.05, 3.63) is 35.4 Å². The number of methoxy groups -OCH3 is 1. The highest BCUT2D eigenvalue weighted by molar-refractivity contribution is 5.59. The number of ether oxygens (including phenoxy) is 2. The van der Waals surface area contributed by atoms with Crippen molar-refractivity contribution in [2.24, 2.45) is 5.41 Å². The zero-order valence-corrected chi connectivity index (χ0v) is 16.0. The van der Waals surface area contributed by atoms with Gasteiger partial charge in [-0.15, -0.1) is 0 Å². The monoisotopic (exact) mass is 318 g/mol. The first kappa shape index (κ1) is 19.8. The van der Waals surface area contributed by atoms with Gasteiger partial charge in [-0.2, -0.15) is 0 Å². The minimum atomic E-state index is 0.147. The second kappa shape index (κ2) is 8.54. The maximum absolute atomic E-state index is 5.56. The van der Waals surface area contributed by atoms with Gasteiger partial charge in [-0.25, -0.2) is 0 Å². The van der Waals surface area contributed by atoms with Crippen LogP contribution in [0.15, 0.2) is 24.3 Å². The van der Waals surface area contributed by atoms with Gasteiger partial charge in [-0.05, 0) is 48.3 Å². The summed E-state index contributed by atoms with van der Waals surface area (Å²) in [6.45, 7) is 14.9. The molecule has 2 heteroatoms. The molecule has 0 unspecified atom stereocenters. The van der Waals surface area contributed by atoms with Crippen molar-refractivity contribution >= 4 is 6.08 Å². The largest absolute Gasteiger partial charge is 0.496 e. The molecular formula is C21H34O2. The van der Waals surface area contributed by atoms with Gasteiger partial charge in [0.25, 0.3) is 0 Å². The molecule has 2 nitrogen and oxygen atoms in total. The van der Waals surface area contributed by atoms with Crippen molar-refractivity contribution in [1.29, 1.82) is 0 Å². The van der Waals surface area contributed by atoms with E-state index in [0.29, 0.717) is 0 Å². The fraction of sp³-hybridized carbons (Fsp3) is 0.619. The molecule has 0 saturated heterocycles. The van der Waals surface area contributed by atoms with Crippen molar-refractivity contribution < 1.29 is 9.47 Å². The third-order valence-electron chi connectivity index (χ3n) is 4.08. The molecule has 0 aliphatic carbocycles. The maximum atomic E-state index is 5.56. The lowest BCUT2D eigenvalue weighted by atomic mass is 9.86. The summed E-state index contributed by atoms with van der Waals surface area (Å²) in [5.74, 6) is 0.933. The van der Waals surface area contributed by atoms with Crippen molar-refractivity contribution in [3.63, 3.8) is 0 Å². The number of hydrogen-bond donors (Lipinski definition) is 0. The molecule has 0 aliphatic rings. The molecule has 0 heterocycles. The van der Waals surface area contributed by atoms with E-state index in [1.807, 2.05) is 6.92 Å². The smallest absolute Gasteiger partial charge is 0.126 e. The molecule has 0 aromatic heterocycles. The molecule has 1 rings (SSSR count). The van der Waals surface area contributed by atoms with Crippen LogP contribution in [0, 0.1) is 5.41 Å². The summed E-state index contributed by atoms with van der Waals surface area (Å²) in [4.78, 5) is 0. The predicted molar refractivity (Wildman–Crippen MR) is 100 cm³/mol. The Balaban J connectivity index is 2.75. The minimum absolute atomic E-state index is 0.147. The van der Waals surface area contributed by atoms with Crippen LogP contribution in [-0.2, 0) is 10.2 Å². The molecule has 0 aliphatic heterocycles. The van der Waals surface area contributed by atoms with Crippen LogP contribution in [-0.4, -0.2) is 20.3 Å². The van der Waals surface area contributed by atoms with E-state index in [0.717, 1.165) is 37.4 Å². The van der Waals surface area contributed by atoms with Gasteiger partial charge in [0.05, 0.1) is 13.7 Å². The Kier molecular flexibility index (Phi) is 7.34. The van der Waals surface area contributed by atoms with Crippen LogP contribution in [0.5, 0.6) is 5.75 Å². The van der Waals surface area contributed by atoms with E-state index in [9.17, 15) is 0 Å². The van der Waals surface area contributed by atoms with E-state index in [4.69, 9.17) is 9.47 Å². The van der Waals surface area contributed by atoms with Gasteiger partial charge in [0.15, 0.2) is 0 Å². The van der Waals surface area contributed by atoms with Crippen LogP contribution in [0.4, 0.5) is 0 Å². The Morgan fingerprint density at radius 3 is 2.35 bits per heavy atom. The highest BCUT2D eigenvalue weighted by Gasteiger charge is 2.17. The molecule has 0 spiro atoms. The van der Waals surface area contributed by atoms with Crippen LogP contribution in [0.1, 0.15) is 65.5 Å². The molecule has 0 atom stereocenters. The average Bonchev–Trinajstić information content (AvgIpc) is 2.48. The lowest BCUT2D eigenvalue weighted by molar-refractivity contribution is 0.0667. The third-order valence-corrected chi connectivity index (χ3v) is 4.08. The topological polar surface area (TPSA) is 18.5 Å². The fourth-order valence-electron chi connectivity index (χ4n) is 2.47. The second-order valence-electron chi connectivity index (χ2n) is 7.95. The summed E-state index contributed by atoms with van der Waals surface area (Å²) in [5.41, 5.74) is 2.85. The Hall–Kier alpha value is -1.28. The molecule has 1 aromatic carbocycles. The molecule has 0 amide bonds. The standard InChI is InChI=1S/C21H34O2/c1-8-23-16-21(5,6)14-10-9-11-17-15-18(20(2,3)4)12-13-19(17)22-7/h9,11-13,15H,8,10,14,16H2,1-7H3/b11-9+. The van der Waals surface area contributed by atoms with E-state index in [1.54, 1.807) is 7.11 Å². The van der Waals surface area contributed by atoms with E-state index < -0.39 is 0 Å². The highest BCUT2D eigenvalue weighted by atomic mass is 16.5. The van der Waals surface area contributed by atoms with Crippen LogP contribution >= 0.6 is 0 Å². The molecular weight excluding hydrogens is 284 g/mol. The lowest BCUT2D eigenvalue weighted by Crippen LogP contribution is -2.18. The lowest BCUT2D eigenvalue weighted by Gasteiger charge is -2.23. The molecule has 0 saturated carbocycles. The van der Waals surface area contributed by atoms with Gasteiger partial charge < -0.3 is 9.47 Å². The Bertz CT molecular complexity index is 507. The Morgan fingerprint density at radius 2 is 1.78 bits per heavy atom. The quantitative estimate of drug-likeness (QED) is 0.598. The van der Waals surface area contributed by atoms with Gasteiger partial charge in [0, 0.05) is 12.2 Å². The minimum Gasteiger partial charge on any atom is -0.496 e. The van der Waals surface area contributed by atoms with E-state index in [2.05, 4.69) is 65.0 Å². The molecule has 0 N–H and O–H groups in total. The van der Waals surface area contributed by atoms with Crippen molar-refractivity contribution in [2.75, 3.05) is 20.3 Å². The molecule has 0 radical (unpaired) electrons. The van der Waals surface area contributed by atoms with Gasteiger partial charge in [0.2, 0.25) is 0 Å². The fourth-order valence-corrected chi connectivity index (χ4v) is 2.47. The summed E-state index contributed by atoms with van der Waals surface area (Å²) in [6, 6.07) is 6.46. The Morgan fingerprint density at radius 1 is 1.09 bits per heavy atom. The Labute approximate surface area is 142 Å². The van der Waals surface area contributed by atoms with E-state index >= 15 is 0 Å². The molecule has 0 fully saturated rings. The summed E-state index contributed by atoms with van der Waals surface area (Å²) in [7, 11) is 1.73.